The first-order chi connectivity index (χ1) is 9.72. The van der Waals surface area contributed by atoms with Crippen LogP contribution in [0.15, 0.2) is 18.2 Å². The number of methoxy groups -OCH3 is 1. The number of H-pyrrole nitrogens is 1. The zero-order valence-electron chi connectivity index (χ0n) is 12.0. The Balaban J connectivity index is 2.03. The van der Waals surface area contributed by atoms with E-state index in [2.05, 4.69) is 39.1 Å². The van der Waals surface area contributed by atoms with Crippen LogP contribution in [0.3, 0.4) is 0 Å². The van der Waals surface area contributed by atoms with Crippen LogP contribution in [0.25, 0.3) is 11.0 Å². The van der Waals surface area contributed by atoms with Crippen molar-refractivity contribution in [3.05, 3.63) is 23.8 Å². The minimum absolute atomic E-state index is 0.412. The van der Waals surface area contributed by atoms with E-state index in [0.29, 0.717) is 5.95 Å². The molecule has 0 aliphatic rings. The Kier molecular flexibility index (Phi) is 4.98. The van der Waals surface area contributed by atoms with Gasteiger partial charge >= 0.3 is 6.09 Å². The lowest BCUT2D eigenvalue weighted by Crippen LogP contribution is -2.11. The Morgan fingerprint density at radius 2 is 2.20 bits per heavy atom. The fourth-order valence-electron chi connectivity index (χ4n) is 2.18. The highest BCUT2D eigenvalue weighted by atomic mass is 16.5. The molecular formula is C15H21N3O2. The maximum atomic E-state index is 11.1. The number of imidazole rings is 1. The second-order valence-corrected chi connectivity index (χ2v) is 4.86. The summed E-state index contributed by atoms with van der Waals surface area (Å²) in [5.41, 5.74) is 3.07. The van der Waals surface area contributed by atoms with Crippen LogP contribution in [0.5, 0.6) is 0 Å². The van der Waals surface area contributed by atoms with Crippen molar-refractivity contribution in [1.82, 2.24) is 9.97 Å². The summed E-state index contributed by atoms with van der Waals surface area (Å²) in [6.07, 6.45) is 5.58. The average Bonchev–Trinajstić information content (AvgIpc) is 2.84. The van der Waals surface area contributed by atoms with Gasteiger partial charge in [-0.05, 0) is 30.5 Å². The number of nitrogens with zero attached hydrogens (tertiary/aromatic N) is 1. The van der Waals surface area contributed by atoms with Crippen molar-refractivity contribution in [2.24, 2.45) is 0 Å². The maximum absolute atomic E-state index is 11.1. The molecule has 0 aliphatic carbocycles. The molecule has 2 rings (SSSR count). The van der Waals surface area contributed by atoms with Crippen LogP contribution >= 0.6 is 0 Å². The molecular weight excluding hydrogens is 254 g/mol. The van der Waals surface area contributed by atoms with Crippen molar-refractivity contribution in [2.45, 2.75) is 39.0 Å². The van der Waals surface area contributed by atoms with Gasteiger partial charge in [-0.15, -0.1) is 0 Å². The Hall–Kier alpha value is -2.04. The summed E-state index contributed by atoms with van der Waals surface area (Å²) in [7, 11) is 1.33. The van der Waals surface area contributed by atoms with Crippen LogP contribution in [0, 0.1) is 0 Å². The average molecular weight is 275 g/mol. The van der Waals surface area contributed by atoms with Crippen molar-refractivity contribution < 1.29 is 9.53 Å². The molecule has 20 heavy (non-hydrogen) atoms. The number of rotatable bonds is 6. The number of aromatic nitrogens is 2. The molecule has 108 valence electrons. The topological polar surface area (TPSA) is 67.0 Å². The van der Waals surface area contributed by atoms with Gasteiger partial charge in [0.15, 0.2) is 0 Å². The third kappa shape index (κ3) is 3.73. The smallest absolute Gasteiger partial charge is 0.413 e. The van der Waals surface area contributed by atoms with Crippen LogP contribution in [0.1, 0.15) is 38.2 Å². The molecule has 5 heteroatoms. The monoisotopic (exact) mass is 275 g/mol. The molecule has 0 aliphatic heterocycles. The predicted octanol–water partition coefficient (Wildman–Crippen LogP) is 3.86. The van der Waals surface area contributed by atoms with Crippen molar-refractivity contribution in [3.63, 3.8) is 0 Å². The summed E-state index contributed by atoms with van der Waals surface area (Å²) in [5, 5.41) is 2.53. The van der Waals surface area contributed by atoms with Gasteiger partial charge in [0, 0.05) is 0 Å². The maximum Gasteiger partial charge on any atom is 0.413 e. The summed E-state index contributed by atoms with van der Waals surface area (Å²) in [6.45, 7) is 2.21. The van der Waals surface area contributed by atoms with Gasteiger partial charge in [-0.2, -0.15) is 0 Å². The van der Waals surface area contributed by atoms with Gasteiger partial charge in [0.05, 0.1) is 18.1 Å². The SMILES string of the molecule is CCCCCCc1ccc2nc(NC(=O)OC)[nH]c2c1. The van der Waals surface area contributed by atoms with Gasteiger partial charge in [0.1, 0.15) is 0 Å². The highest BCUT2D eigenvalue weighted by Crippen LogP contribution is 2.18. The van der Waals surface area contributed by atoms with Crippen molar-refractivity contribution in [1.29, 1.82) is 0 Å². The molecule has 0 spiro atoms. The van der Waals surface area contributed by atoms with E-state index in [0.717, 1.165) is 17.5 Å². The zero-order valence-corrected chi connectivity index (χ0v) is 12.0. The lowest BCUT2D eigenvalue weighted by Gasteiger charge is -2.00. The molecule has 0 bridgehead atoms. The molecule has 0 radical (unpaired) electrons. The first-order valence-electron chi connectivity index (χ1n) is 7.06. The predicted molar refractivity (Wildman–Crippen MR) is 80.0 cm³/mol. The molecule has 1 amide bonds. The van der Waals surface area contributed by atoms with Gasteiger partial charge in [-0.1, -0.05) is 32.3 Å². The lowest BCUT2D eigenvalue weighted by atomic mass is 10.1. The van der Waals surface area contributed by atoms with Crippen LogP contribution < -0.4 is 5.32 Å². The molecule has 2 aromatic rings. The first kappa shape index (κ1) is 14.4. The van der Waals surface area contributed by atoms with Crippen molar-refractivity contribution >= 4 is 23.1 Å². The molecule has 1 heterocycles. The van der Waals surface area contributed by atoms with E-state index in [-0.39, 0.29) is 0 Å². The summed E-state index contributed by atoms with van der Waals surface area (Å²) in [4.78, 5) is 18.5. The number of benzene rings is 1. The summed E-state index contributed by atoms with van der Waals surface area (Å²) in [5.74, 6) is 0.412. The van der Waals surface area contributed by atoms with Gasteiger partial charge in [-0.3, -0.25) is 5.32 Å². The fourth-order valence-corrected chi connectivity index (χ4v) is 2.18. The number of hydrogen-bond donors (Lipinski definition) is 2. The number of hydrogen-bond acceptors (Lipinski definition) is 3. The number of carbonyl (C=O) groups is 1. The van der Waals surface area contributed by atoms with Crippen LogP contribution in [0.4, 0.5) is 10.7 Å². The number of carbonyl (C=O) groups excluding carboxylic acids is 1. The Labute approximate surface area is 118 Å². The minimum atomic E-state index is -0.524. The van der Waals surface area contributed by atoms with E-state index in [1.807, 2.05) is 6.07 Å². The molecule has 2 N–H and O–H groups in total. The third-order valence-electron chi connectivity index (χ3n) is 3.27. The van der Waals surface area contributed by atoms with E-state index < -0.39 is 6.09 Å². The fraction of sp³-hybridized carbons (Fsp3) is 0.467. The van der Waals surface area contributed by atoms with Crippen molar-refractivity contribution in [3.8, 4) is 0 Å². The number of aryl methyl sites for hydroxylation is 1. The summed E-state index contributed by atoms with van der Waals surface area (Å²) in [6, 6.07) is 6.16. The van der Waals surface area contributed by atoms with Crippen LogP contribution in [-0.4, -0.2) is 23.2 Å². The molecule has 1 aromatic carbocycles. The summed E-state index contributed by atoms with van der Waals surface area (Å²) >= 11 is 0. The molecule has 0 saturated heterocycles. The molecule has 1 aromatic heterocycles. The Bertz CT molecular complexity index is 578. The second-order valence-electron chi connectivity index (χ2n) is 4.86. The summed E-state index contributed by atoms with van der Waals surface area (Å²) < 4.78 is 4.54. The minimum Gasteiger partial charge on any atom is -0.453 e. The van der Waals surface area contributed by atoms with Gasteiger partial charge in [0.25, 0.3) is 0 Å². The van der Waals surface area contributed by atoms with E-state index in [4.69, 9.17) is 0 Å². The highest BCUT2D eigenvalue weighted by Gasteiger charge is 2.07. The zero-order chi connectivity index (χ0) is 14.4. The number of unbranched alkanes of at least 4 members (excludes halogenated alkanes) is 3. The standard InChI is InChI=1S/C15H21N3O2/c1-3-4-5-6-7-11-8-9-12-13(10-11)17-14(16-12)18-15(19)20-2/h8-10H,3-7H2,1-2H3,(H2,16,17,18,19). The molecule has 5 nitrogen and oxygen atoms in total. The molecule has 0 saturated carbocycles. The van der Waals surface area contributed by atoms with Crippen LogP contribution in [0.2, 0.25) is 0 Å². The van der Waals surface area contributed by atoms with E-state index in [9.17, 15) is 4.79 Å². The third-order valence-corrected chi connectivity index (χ3v) is 3.27. The quantitative estimate of drug-likeness (QED) is 0.786. The molecule has 0 atom stereocenters. The Morgan fingerprint density at radius 1 is 1.35 bits per heavy atom. The lowest BCUT2D eigenvalue weighted by molar-refractivity contribution is 0.186. The first-order valence-corrected chi connectivity index (χ1v) is 7.06. The van der Waals surface area contributed by atoms with E-state index >= 15 is 0 Å². The number of fused-ring (bicyclic) bond motifs is 1. The second kappa shape index (κ2) is 6.93. The number of anilines is 1. The number of aromatic amines is 1. The number of amides is 1. The van der Waals surface area contributed by atoms with Crippen molar-refractivity contribution in [2.75, 3.05) is 12.4 Å². The highest BCUT2D eigenvalue weighted by molar-refractivity contribution is 5.86. The number of nitrogens with one attached hydrogen (secondary N) is 2. The molecule has 0 fully saturated rings. The van der Waals surface area contributed by atoms with Gasteiger partial charge < -0.3 is 9.72 Å². The number of ether oxygens (including phenoxy) is 1. The molecule has 0 unspecified atom stereocenters. The normalized spacial score (nSPS) is 10.7. The van der Waals surface area contributed by atoms with Gasteiger partial charge in [0.2, 0.25) is 5.95 Å². The largest absolute Gasteiger partial charge is 0.453 e. The van der Waals surface area contributed by atoms with Gasteiger partial charge in [-0.25, -0.2) is 9.78 Å². The van der Waals surface area contributed by atoms with E-state index in [1.54, 1.807) is 0 Å². The van der Waals surface area contributed by atoms with Crippen LogP contribution in [-0.2, 0) is 11.2 Å². The van der Waals surface area contributed by atoms with E-state index in [1.165, 1.54) is 38.4 Å². The Morgan fingerprint density at radius 3 is 2.95 bits per heavy atom.